The van der Waals surface area contributed by atoms with Crippen molar-refractivity contribution in [2.75, 3.05) is 34.2 Å². The number of aromatic hydroxyl groups is 1. The highest BCUT2D eigenvalue weighted by atomic mass is 16.6. The standard InChI is InChI=1S/C31H34N4O9/c1-33-30(42)44-26-15-6-5-13(12-35-7-4-8-35)9-16(15)23(36)20-17(26)10-14-11-18-22(34(2)3)25(38)21(29(32)41)28(40)31(18,43)27(39)19(14)24(20)37/h5-6,9,14,18,22,36-37,40,43H,4,7-8,10-12H2,1-3H3,(H2,32,41)(H,33,42)/t14-,18-,22-,31-/m0/s1. The number of aliphatic hydroxyl groups is 3. The van der Waals surface area contributed by atoms with Crippen molar-refractivity contribution in [3.05, 3.63) is 51.8 Å². The number of likely N-dealkylation sites (tertiary alicyclic amines) is 1. The molecule has 13 heteroatoms. The monoisotopic (exact) mass is 606 g/mol. The van der Waals surface area contributed by atoms with Crippen molar-refractivity contribution in [2.24, 2.45) is 17.6 Å². The van der Waals surface area contributed by atoms with Gasteiger partial charge in [0.2, 0.25) is 5.78 Å². The number of ether oxygens (including phenoxy) is 1. The Hall–Kier alpha value is -4.46. The number of hydrogen-bond acceptors (Lipinski definition) is 11. The summed E-state index contributed by atoms with van der Waals surface area (Å²) in [5.74, 6) is -7.36. The number of phenols is 1. The van der Waals surface area contributed by atoms with E-state index in [1.54, 1.807) is 12.1 Å². The van der Waals surface area contributed by atoms with E-state index in [0.717, 1.165) is 25.1 Å². The Balaban J connectivity index is 1.58. The van der Waals surface area contributed by atoms with Gasteiger partial charge in [-0.3, -0.25) is 24.2 Å². The summed E-state index contributed by atoms with van der Waals surface area (Å²) in [6.07, 6.45) is 0.209. The summed E-state index contributed by atoms with van der Waals surface area (Å²) in [5.41, 5.74) is 2.48. The fraction of sp³-hybridized carbons (Fsp3) is 0.419. The van der Waals surface area contributed by atoms with Gasteiger partial charge in [-0.25, -0.2) is 4.79 Å². The molecule has 0 spiro atoms. The first-order valence-electron chi connectivity index (χ1n) is 14.4. The van der Waals surface area contributed by atoms with Crippen molar-refractivity contribution >= 4 is 40.1 Å². The van der Waals surface area contributed by atoms with Gasteiger partial charge in [-0.1, -0.05) is 12.1 Å². The van der Waals surface area contributed by atoms with Gasteiger partial charge in [0.1, 0.15) is 28.6 Å². The SMILES string of the molecule is CNC(=O)Oc1c2c(c(O)c3cc(CN4CCC4)ccc13)C(O)=C1C(=O)[C@]3(O)C(O)=C(C(N)=O)C(=O)[C@@H](N(C)C)[C@@H]3C[C@@H]1C2. The van der Waals surface area contributed by atoms with Gasteiger partial charge in [0.05, 0.1) is 11.6 Å². The largest absolute Gasteiger partial charge is 0.508 e. The van der Waals surface area contributed by atoms with Gasteiger partial charge in [0, 0.05) is 41.4 Å². The molecule has 6 rings (SSSR count). The molecule has 0 aromatic heterocycles. The van der Waals surface area contributed by atoms with Crippen LogP contribution in [0.2, 0.25) is 0 Å². The molecule has 1 saturated carbocycles. The second-order valence-electron chi connectivity index (χ2n) is 12.1. The lowest BCUT2D eigenvalue weighted by Gasteiger charge is -2.50. The van der Waals surface area contributed by atoms with E-state index in [0.29, 0.717) is 11.9 Å². The number of amides is 2. The molecule has 1 heterocycles. The number of hydrogen-bond donors (Lipinski definition) is 6. The minimum Gasteiger partial charge on any atom is -0.508 e. The van der Waals surface area contributed by atoms with Gasteiger partial charge in [0.25, 0.3) is 5.91 Å². The zero-order chi connectivity index (χ0) is 31.8. The van der Waals surface area contributed by atoms with Crippen LogP contribution in [-0.2, 0) is 27.3 Å². The first kappa shape index (κ1) is 29.6. The fourth-order valence-corrected chi connectivity index (χ4v) is 7.28. The number of nitrogens with two attached hydrogens (primary N) is 1. The summed E-state index contributed by atoms with van der Waals surface area (Å²) in [6, 6.07) is 4.14. The highest BCUT2D eigenvalue weighted by Gasteiger charge is 2.64. The molecular weight excluding hydrogens is 572 g/mol. The van der Waals surface area contributed by atoms with E-state index in [4.69, 9.17) is 10.5 Å². The number of nitrogens with zero attached hydrogens (tertiary/aromatic N) is 2. The lowest BCUT2D eigenvalue weighted by Crippen LogP contribution is -2.65. The van der Waals surface area contributed by atoms with Gasteiger partial charge < -0.3 is 36.2 Å². The van der Waals surface area contributed by atoms with Crippen LogP contribution in [0, 0.1) is 11.8 Å². The van der Waals surface area contributed by atoms with Crippen LogP contribution in [0.15, 0.2) is 35.1 Å². The number of rotatable bonds is 5. The number of likely N-dealkylation sites (N-methyl/N-ethyl adjacent to an activating group) is 1. The molecule has 2 aromatic rings. The molecule has 1 aliphatic heterocycles. The molecule has 0 unspecified atom stereocenters. The maximum absolute atomic E-state index is 14.2. The number of Topliss-reactive ketones (excluding diaryl/α,β-unsaturated/α-hetero) is 2. The normalized spacial score (nSPS) is 26.7. The smallest absolute Gasteiger partial charge is 0.412 e. The quantitative estimate of drug-likeness (QED) is 0.266. The van der Waals surface area contributed by atoms with Crippen LogP contribution in [0.4, 0.5) is 4.79 Å². The molecule has 0 bridgehead atoms. The van der Waals surface area contributed by atoms with Crippen LogP contribution in [0.1, 0.15) is 29.5 Å². The Morgan fingerprint density at radius 3 is 2.45 bits per heavy atom. The molecule has 4 aliphatic rings. The van der Waals surface area contributed by atoms with Gasteiger partial charge in [0.15, 0.2) is 11.4 Å². The second kappa shape index (κ2) is 10.3. The van der Waals surface area contributed by atoms with E-state index >= 15 is 0 Å². The molecule has 2 amide bonds. The molecule has 0 radical (unpaired) electrons. The molecule has 13 nitrogen and oxygen atoms in total. The predicted octanol–water partition coefficient (Wildman–Crippen LogP) is 1.04. The summed E-state index contributed by atoms with van der Waals surface area (Å²) in [5, 5.41) is 49.3. The Kier molecular flexibility index (Phi) is 6.94. The predicted molar refractivity (Wildman–Crippen MR) is 157 cm³/mol. The average molecular weight is 607 g/mol. The summed E-state index contributed by atoms with van der Waals surface area (Å²) in [6.45, 7) is 2.51. The van der Waals surface area contributed by atoms with Gasteiger partial charge in [-0.05, 0) is 64.0 Å². The van der Waals surface area contributed by atoms with Crippen LogP contribution < -0.4 is 15.8 Å². The highest BCUT2D eigenvalue weighted by Crippen LogP contribution is 2.55. The first-order valence-corrected chi connectivity index (χ1v) is 14.4. The third-order valence-corrected chi connectivity index (χ3v) is 9.46. The molecule has 2 aromatic carbocycles. The number of fused-ring (bicyclic) bond motifs is 4. The second-order valence-corrected chi connectivity index (χ2v) is 12.1. The maximum Gasteiger partial charge on any atom is 0.412 e. The molecule has 232 valence electrons. The molecule has 1 saturated heterocycles. The van der Waals surface area contributed by atoms with Crippen molar-refractivity contribution in [3.8, 4) is 11.5 Å². The summed E-state index contributed by atoms with van der Waals surface area (Å²) in [7, 11) is 4.45. The van der Waals surface area contributed by atoms with Gasteiger partial charge in [-0.15, -0.1) is 0 Å². The number of phenolic OH excluding ortho intramolecular Hbond substituents is 1. The molecule has 2 fully saturated rings. The van der Waals surface area contributed by atoms with Crippen LogP contribution in [0.5, 0.6) is 11.5 Å². The van der Waals surface area contributed by atoms with Crippen molar-refractivity contribution in [1.29, 1.82) is 0 Å². The third-order valence-electron chi connectivity index (χ3n) is 9.46. The Morgan fingerprint density at radius 2 is 1.86 bits per heavy atom. The lowest BCUT2D eigenvalue weighted by molar-refractivity contribution is -0.153. The Labute approximate surface area is 252 Å². The number of carbonyl (C=O) groups excluding carboxylic acids is 4. The van der Waals surface area contributed by atoms with E-state index < -0.39 is 64.1 Å². The van der Waals surface area contributed by atoms with Crippen molar-refractivity contribution in [2.45, 2.75) is 37.5 Å². The minimum atomic E-state index is -2.75. The Bertz CT molecular complexity index is 1720. The number of benzene rings is 2. The number of ketones is 2. The summed E-state index contributed by atoms with van der Waals surface area (Å²) in [4.78, 5) is 55.8. The van der Waals surface area contributed by atoms with E-state index in [1.807, 2.05) is 6.07 Å². The van der Waals surface area contributed by atoms with Crippen molar-refractivity contribution < 1.29 is 44.3 Å². The van der Waals surface area contributed by atoms with Crippen molar-refractivity contribution in [1.82, 2.24) is 15.1 Å². The van der Waals surface area contributed by atoms with Crippen molar-refractivity contribution in [3.63, 3.8) is 0 Å². The minimum absolute atomic E-state index is 0.0140. The number of nitrogens with one attached hydrogen (secondary N) is 1. The number of aliphatic hydroxyl groups excluding tert-OH is 2. The van der Waals surface area contributed by atoms with E-state index in [1.165, 1.54) is 26.0 Å². The Morgan fingerprint density at radius 1 is 1.16 bits per heavy atom. The van der Waals surface area contributed by atoms with E-state index in [9.17, 15) is 39.6 Å². The number of carbonyl (C=O) groups is 4. The van der Waals surface area contributed by atoms with Crippen LogP contribution in [-0.4, -0.2) is 99.7 Å². The first-order chi connectivity index (χ1) is 20.8. The molecule has 3 aliphatic carbocycles. The van der Waals surface area contributed by atoms with Gasteiger partial charge in [-0.2, -0.15) is 0 Å². The summed E-state index contributed by atoms with van der Waals surface area (Å²) >= 11 is 0. The fourth-order valence-electron chi connectivity index (χ4n) is 7.28. The van der Waals surface area contributed by atoms with Crippen LogP contribution in [0.3, 0.4) is 0 Å². The highest BCUT2D eigenvalue weighted by molar-refractivity contribution is 6.24. The van der Waals surface area contributed by atoms with Crippen LogP contribution >= 0.6 is 0 Å². The van der Waals surface area contributed by atoms with Gasteiger partial charge >= 0.3 is 6.09 Å². The topological polar surface area (TPSA) is 203 Å². The summed E-state index contributed by atoms with van der Waals surface area (Å²) < 4.78 is 5.70. The molecular formula is C31H34N4O9. The molecule has 4 atom stereocenters. The molecule has 7 N–H and O–H groups in total. The van der Waals surface area contributed by atoms with Crippen LogP contribution in [0.25, 0.3) is 16.5 Å². The zero-order valence-electron chi connectivity index (χ0n) is 24.5. The third kappa shape index (κ3) is 4.10. The number of primary amides is 1. The maximum atomic E-state index is 14.2. The van der Waals surface area contributed by atoms with E-state index in [-0.39, 0.29) is 46.4 Å². The zero-order valence-corrected chi connectivity index (χ0v) is 24.5. The lowest BCUT2D eigenvalue weighted by atomic mass is 9.57. The molecule has 44 heavy (non-hydrogen) atoms. The van der Waals surface area contributed by atoms with E-state index in [2.05, 4.69) is 10.2 Å². The average Bonchev–Trinajstić information content (AvgIpc) is 2.94.